The van der Waals surface area contributed by atoms with E-state index in [-0.39, 0.29) is 16.6 Å². The molecule has 12 heteroatoms. The van der Waals surface area contributed by atoms with E-state index in [4.69, 9.17) is 0 Å². The van der Waals surface area contributed by atoms with Crippen LogP contribution in [0.4, 0.5) is 11.4 Å². The second kappa shape index (κ2) is 7.93. The Hall–Kier alpha value is -1.76. The minimum atomic E-state index is -3.90. The summed E-state index contributed by atoms with van der Waals surface area (Å²) >= 11 is 0. The van der Waals surface area contributed by atoms with Crippen LogP contribution >= 0.6 is 0 Å². The van der Waals surface area contributed by atoms with Gasteiger partial charge >= 0.3 is 0 Å². The number of hydrogen-bond donors (Lipinski definition) is 2. The van der Waals surface area contributed by atoms with Crippen molar-refractivity contribution in [2.75, 3.05) is 24.2 Å². The quantitative estimate of drug-likeness (QED) is 0.506. The summed E-state index contributed by atoms with van der Waals surface area (Å²) in [5.41, 5.74) is -0.704. The predicted octanol–water partition coefficient (Wildman–Crippen LogP) is 1.19. The molecule has 0 spiro atoms. The number of anilines is 1. The summed E-state index contributed by atoms with van der Waals surface area (Å²) in [4.78, 5) is 12.5. The van der Waals surface area contributed by atoms with E-state index in [9.17, 15) is 26.9 Å². The van der Waals surface area contributed by atoms with Crippen LogP contribution in [0.15, 0.2) is 23.1 Å². The molecule has 1 aliphatic heterocycles. The van der Waals surface area contributed by atoms with E-state index in [2.05, 4.69) is 9.44 Å². The number of nitrogens with one attached hydrogen (secondary N) is 2. The molecule has 0 amide bonds. The molecule has 10 nitrogen and oxygen atoms in total. The van der Waals surface area contributed by atoms with Gasteiger partial charge in [-0.15, -0.1) is 0 Å². The zero-order chi connectivity index (χ0) is 21.3. The molecule has 2 N–H and O–H groups in total. The number of nitrogens with zero attached hydrogens (tertiary/aromatic N) is 2. The minimum Gasteiger partial charge on any atom is -0.366 e. The van der Waals surface area contributed by atoms with Gasteiger partial charge in [-0.2, -0.15) is 0 Å². The Morgan fingerprint density at radius 1 is 1.14 bits per heavy atom. The number of rotatable bonds is 6. The molecule has 28 heavy (non-hydrogen) atoms. The van der Waals surface area contributed by atoms with Gasteiger partial charge in [-0.1, -0.05) is 0 Å². The number of benzene rings is 1. The van der Waals surface area contributed by atoms with Crippen molar-refractivity contribution < 1.29 is 21.8 Å². The maximum atomic E-state index is 12.5. The summed E-state index contributed by atoms with van der Waals surface area (Å²) in [6, 6.07) is 3.61. The van der Waals surface area contributed by atoms with Crippen molar-refractivity contribution in [3.8, 4) is 0 Å². The highest BCUT2D eigenvalue weighted by Gasteiger charge is 2.29. The van der Waals surface area contributed by atoms with Crippen LogP contribution in [0.1, 0.15) is 33.6 Å². The Morgan fingerprint density at radius 2 is 1.71 bits per heavy atom. The van der Waals surface area contributed by atoms with Crippen LogP contribution in [-0.4, -0.2) is 52.7 Å². The lowest BCUT2D eigenvalue weighted by Crippen LogP contribution is -2.44. The molecule has 0 bridgehead atoms. The Bertz CT molecular complexity index is 946. The van der Waals surface area contributed by atoms with Gasteiger partial charge in [-0.25, -0.2) is 26.3 Å². The first-order chi connectivity index (χ1) is 12.7. The van der Waals surface area contributed by atoms with Gasteiger partial charge < -0.3 is 4.90 Å². The first-order valence-corrected chi connectivity index (χ1v) is 12.1. The molecule has 1 aromatic rings. The molecule has 158 valence electrons. The van der Waals surface area contributed by atoms with E-state index < -0.39 is 30.5 Å². The third kappa shape index (κ3) is 6.12. The number of nitro groups is 1. The summed E-state index contributed by atoms with van der Waals surface area (Å²) in [5.74, 6) is 0. The van der Waals surface area contributed by atoms with E-state index in [1.54, 1.807) is 25.7 Å². The normalized spacial score (nSPS) is 16.9. The van der Waals surface area contributed by atoms with Crippen LogP contribution in [0, 0.1) is 10.1 Å². The van der Waals surface area contributed by atoms with Crippen LogP contribution in [0.5, 0.6) is 0 Å². The zero-order valence-corrected chi connectivity index (χ0v) is 17.9. The molecule has 1 saturated heterocycles. The standard InChI is InChI=1S/C16H26N4O6S2/c1-16(2,3)18-28(25,26)13-5-6-14(15(11-13)20(21)22)19-9-7-12(8-10-19)17-27(4,23)24/h5-6,11-12,17-18H,7-10H2,1-4H3. The molecule has 0 saturated carbocycles. The van der Waals surface area contributed by atoms with Gasteiger partial charge in [0, 0.05) is 30.7 Å². The van der Waals surface area contributed by atoms with E-state index in [0.717, 1.165) is 12.3 Å². The average molecular weight is 435 g/mol. The van der Waals surface area contributed by atoms with E-state index in [1.807, 2.05) is 0 Å². The second-order valence-corrected chi connectivity index (χ2v) is 11.4. The van der Waals surface area contributed by atoms with Gasteiger partial charge in [-0.05, 0) is 45.7 Å². The van der Waals surface area contributed by atoms with Crippen molar-refractivity contribution >= 4 is 31.4 Å². The van der Waals surface area contributed by atoms with Gasteiger partial charge in [-0.3, -0.25) is 10.1 Å². The van der Waals surface area contributed by atoms with Crippen LogP contribution in [0.25, 0.3) is 0 Å². The van der Waals surface area contributed by atoms with Crippen molar-refractivity contribution in [3.05, 3.63) is 28.3 Å². The summed E-state index contributed by atoms with van der Waals surface area (Å²) in [7, 11) is -7.22. The Balaban J connectivity index is 2.26. The number of sulfonamides is 2. The molecule has 1 aromatic carbocycles. The van der Waals surface area contributed by atoms with Gasteiger partial charge in [0.25, 0.3) is 5.69 Å². The second-order valence-electron chi connectivity index (χ2n) is 7.91. The zero-order valence-electron chi connectivity index (χ0n) is 16.3. The van der Waals surface area contributed by atoms with Crippen molar-refractivity contribution in [2.24, 2.45) is 0 Å². The first kappa shape index (κ1) is 22.5. The molecule has 1 fully saturated rings. The van der Waals surface area contributed by atoms with Crippen LogP contribution in [0.2, 0.25) is 0 Å². The molecular formula is C16H26N4O6S2. The van der Waals surface area contributed by atoms with Crippen molar-refractivity contribution in [3.63, 3.8) is 0 Å². The van der Waals surface area contributed by atoms with Gasteiger partial charge in [0.2, 0.25) is 20.0 Å². The smallest absolute Gasteiger partial charge is 0.293 e. The van der Waals surface area contributed by atoms with Crippen molar-refractivity contribution in [1.29, 1.82) is 0 Å². The monoisotopic (exact) mass is 434 g/mol. The summed E-state index contributed by atoms with van der Waals surface area (Å²) in [6.45, 7) is 5.88. The van der Waals surface area contributed by atoms with Crippen molar-refractivity contribution in [2.45, 2.75) is 50.1 Å². The molecule has 0 aliphatic carbocycles. The largest absolute Gasteiger partial charge is 0.366 e. The molecule has 0 aromatic heterocycles. The topological polar surface area (TPSA) is 139 Å². The van der Waals surface area contributed by atoms with Crippen molar-refractivity contribution in [1.82, 2.24) is 9.44 Å². The fourth-order valence-corrected chi connectivity index (χ4v) is 5.37. The summed E-state index contributed by atoms with van der Waals surface area (Å²) < 4.78 is 52.7. The lowest BCUT2D eigenvalue weighted by Gasteiger charge is -2.33. The highest BCUT2D eigenvalue weighted by Crippen LogP contribution is 2.33. The van der Waals surface area contributed by atoms with Crippen LogP contribution in [-0.2, 0) is 20.0 Å². The Kier molecular flexibility index (Phi) is 6.38. The average Bonchev–Trinajstić information content (AvgIpc) is 2.51. The summed E-state index contributed by atoms with van der Waals surface area (Å²) in [5, 5.41) is 11.6. The maximum absolute atomic E-state index is 12.5. The number of nitro benzene ring substituents is 1. The highest BCUT2D eigenvalue weighted by molar-refractivity contribution is 7.89. The molecule has 0 radical (unpaired) electrons. The van der Waals surface area contributed by atoms with Crippen LogP contribution < -0.4 is 14.3 Å². The first-order valence-electron chi connectivity index (χ1n) is 8.73. The number of hydrogen-bond acceptors (Lipinski definition) is 7. The Labute approximate surface area is 165 Å². The van der Waals surface area contributed by atoms with E-state index in [1.165, 1.54) is 12.1 Å². The van der Waals surface area contributed by atoms with Gasteiger partial charge in [0.05, 0.1) is 16.1 Å². The molecule has 1 aliphatic rings. The van der Waals surface area contributed by atoms with Gasteiger partial charge in [0.1, 0.15) is 5.69 Å². The van der Waals surface area contributed by atoms with E-state index >= 15 is 0 Å². The summed E-state index contributed by atoms with van der Waals surface area (Å²) in [6.07, 6.45) is 2.08. The number of piperidine rings is 1. The molecule has 1 heterocycles. The van der Waals surface area contributed by atoms with Crippen LogP contribution in [0.3, 0.4) is 0 Å². The fourth-order valence-electron chi connectivity index (χ4n) is 3.09. The molecular weight excluding hydrogens is 408 g/mol. The fraction of sp³-hybridized carbons (Fsp3) is 0.625. The predicted molar refractivity (Wildman–Crippen MR) is 106 cm³/mol. The Morgan fingerprint density at radius 3 is 2.18 bits per heavy atom. The molecule has 0 unspecified atom stereocenters. The lowest BCUT2D eigenvalue weighted by molar-refractivity contribution is -0.384. The highest BCUT2D eigenvalue weighted by atomic mass is 32.2. The maximum Gasteiger partial charge on any atom is 0.293 e. The molecule has 2 rings (SSSR count). The minimum absolute atomic E-state index is 0.175. The SMILES string of the molecule is CC(C)(C)NS(=O)(=O)c1ccc(N2CCC(NS(C)(=O)=O)CC2)c([N+](=O)[O-])c1. The third-order valence-corrected chi connectivity index (χ3v) is 6.63. The van der Waals surface area contributed by atoms with Gasteiger partial charge in [0.15, 0.2) is 0 Å². The van der Waals surface area contributed by atoms with E-state index in [0.29, 0.717) is 31.6 Å². The molecule has 0 atom stereocenters. The lowest BCUT2D eigenvalue weighted by atomic mass is 10.1. The third-order valence-electron chi connectivity index (χ3n) is 4.11.